The molecule has 184 valence electrons. The van der Waals surface area contributed by atoms with Gasteiger partial charge in [0, 0.05) is 41.8 Å². The number of rotatable bonds is 9. The van der Waals surface area contributed by atoms with E-state index in [1.165, 1.54) is 12.3 Å². The first-order valence-electron chi connectivity index (χ1n) is 12.2. The van der Waals surface area contributed by atoms with Crippen LogP contribution in [-0.4, -0.2) is 42.8 Å². The van der Waals surface area contributed by atoms with E-state index in [2.05, 4.69) is 30.9 Å². The maximum atomic E-state index is 15.0. The Labute approximate surface area is 202 Å². The number of amides is 2. The van der Waals surface area contributed by atoms with Gasteiger partial charge in [0.2, 0.25) is 5.91 Å². The Morgan fingerprint density at radius 2 is 1.94 bits per heavy atom. The largest absolute Gasteiger partial charge is 0.339 e. The molecule has 3 aromatic rings. The van der Waals surface area contributed by atoms with Crippen LogP contribution in [0.15, 0.2) is 24.5 Å². The summed E-state index contributed by atoms with van der Waals surface area (Å²) in [5, 5.41) is 16.9. The first-order valence-corrected chi connectivity index (χ1v) is 12.2. The lowest BCUT2D eigenvalue weighted by atomic mass is 9.88. The highest BCUT2D eigenvalue weighted by molar-refractivity contribution is 6.00. The fraction of sp³-hybridized carbons (Fsp3) is 0.480. The fourth-order valence-corrected chi connectivity index (χ4v) is 5.06. The summed E-state index contributed by atoms with van der Waals surface area (Å²) in [5.41, 5.74) is 2.80. The van der Waals surface area contributed by atoms with Crippen LogP contribution >= 0.6 is 0 Å². The van der Waals surface area contributed by atoms with Crippen molar-refractivity contribution < 1.29 is 14.0 Å². The number of carbonyl (C=O) groups is 2. The van der Waals surface area contributed by atoms with Gasteiger partial charge in [-0.05, 0) is 70.3 Å². The third-order valence-corrected chi connectivity index (χ3v) is 7.04. The van der Waals surface area contributed by atoms with Crippen LogP contribution in [0.25, 0.3) is 11.1 Å². The van der Waals surface area contributed by atoms with Gasteiger partial charge in [-0.2, -0.15) is 10.2 Å². The van der Waals surface area contributed by atoms with Gasteiger partial charge in [-0.1, -0.05) is 0 Å². The predicted molar refractivity (Wildman–Crippen MR) is 128 cm³/mol. The Balaban J connectivity index is 1.38. The standard InChI is InChI=1S/C25H30FN7O2/c1-4-33-19(9-10-28-33)24(34)30-23(22(15-5-6-15)16-7-8-16)25(35)29-20-11-18(26)17(12-27-20)21-13(2)31-32-14(21)3/h9-12,15-16,22-23H,4-8H2,1-3H3,(H,30,34)(H,31,32)(H,27,29,35). The molecule has 2 amide bonds. The molecular formula is C25H30FN7O2. The van der Waals surface area contributed by atoms with Gasteiger partial charge in [0.1, 0.15) is 23.4 Å². The molecule has 0 aromatic carbocycles. The average Bonchev–Trinajstić information content (AvgIpc) is 3.76. The monoisotopic (exact) mass is 479 g/mol. The second-order valence-corrected chi connectivity index (χ2v) is 9.58. The third kappa shape index (κ3) is 4.69. The zero-order chi connectivity index (χ0) is 24.7. The summed E-state index contributed by atoms with van der Waals surface area (Å²) < 4.78 is 16.6. The number of hydrogen-bond acceptors (Lipinski definition) is 5. The van der Waals surface area contributed by atoms with E-state index in [1.807, 2.05) is 13.8 Å². The van der Waals surface area contributed by atoms with Crippen molar-refractivity contribution in [3.05, 3.63) is 47.4 Å². The highest BCUT2D eigenvalue weighted by Gasteiger charge is 2.48. The summed E-state index contributed by atoms with van der Waals surface area (Å²) >= 11 is 0. The Morgan fingerprint density at radius 3 is 2.51 bits per heavy atom. The molecule has 0 radical (unpaired) electrons. The highest BCUT2D eigenvalue weighted by Crippen LogP contribution is 2.51. The number of aromatic amines is 1. The number of carbonyl (C=O) groups excluding carboxylic acids is 2. The number of pyridine rings is 1. The minimum absolute atomic E-state index is 0.0531. The molecule has 35 heavy (non-hydrogen) atoms. The third-order valence-electron chi connectivity index (χ3n) is 7.04. The van der Waals surface area contributed by atoms with Gasteiger partial charge in [-0.15, -0.1) is 0 Å². The van der Waals surface area contributed by atoms with Gasteiger partial charge in [-0.3, -0.25) is 19.4 Å². The number of anilines is 1. The Bertz CT molecular complexity index is 1230. The lowest BCUT2D eigenvalue weighted by Crippen LogP contribution is -2.50. The first kappa shape index (κ1) is 23.2. The molecule has 0 saturated heterocycles. The van der Waals surface area contributed by atoms with Crippen LogP contribution < -0.4 is 10.6 Å². The molecule has 9 nitrogen and oxygen atoms in total. The van der Waals surface area contributed by atoms with Crippen molar-refractivity contribution >= 4 is 17.6 Å². The molecule has 5 rings (SSSR count). The topological polar surface area (TPSA) is 118 Å². The molecule has 1 atom stereocenters. The van der Waals surface area contributed by atoms with E-state index in [0.29, 0.717) is 40.9 Å². The zero-order valence-corrected chi connectivity index (χ0v) is 20.1. The molecule has 2 aliphatic rings. The van der Waals surface area contributed by atoms with Gasteiger partial charge < -0.3 is 10.6 Å². The zero-order valence-electron chi connectivity index (χ0n) is 20.1. The minimum atomic E-state index is -0.731. The molecule has 0 bridgehead atoms. The smallest absolute Gasteiger partial charge is 0.270 e. The number of halogens is 1. The van der Waals surface area contributed by atoms with E-state index in [1.54, 1.807) is 23.9 Å². The fourth-order valence-electron chi connectivity index (χ4n) is 5.06. The second-order valence-electron chi connectivity index (χ2n) is 9.58. The van der Waals surface area contributed by atoms with Crippen molar-refractivity contribution in [1.82, 2.24) is 30.3 Å². The van der Waals surface area contributed by atoms with E-state index >= 15 is 4.39 Å². The van der Waals surface area contributed by atoms with Gasteiger partial charge in [0.25, 0.3) is 5.91 Å². The van der Waals surface area contributed by atoms with Crippen molar-refractivity contribution in [3.8, 4) is 11.1 Å². The molecule has 2 saturated carbocycles. The van der Waals surface area contributed by atoms with E-state index < -0.39 is 11.9 Å². The quantitative estimate of drug-likeness (QED) is 0.433. The Kier molecular flexibility index (Phi) is 6.12. The van der Waals surface area contributed by atoms with Crippen LogP contribution in [0.4, 0.5) is 10.2 Å². The molecule has 3 aromatic heterocycles. The van der Waals surface area contributed by atoms with Crippen LogP contribution in [-0.2, 0) is 11.3 Å². The van der Waals surface area contributed by atoms with Gasteiger partial charge in [0.05, 0.1) is 5.69 Å². The number of nitrogens with one attached hydrogen (secondary N) is 3. The average molecular weight is 480 g/mol. The Hall–Kier alpha value is -3.56. The molecule has 1 unspecified atom stereocenters. The van der Waals surface area contributed by atoms with E-state index in [9.17, 15) is 9.59 Å². The van der Waals surface area contributed by atoms with Gasteiger partial charge in [-0.25, -0.2) is 9.37 Å². The summed E-state index contributed by atoms with van der Waals surface area (Å²) in [4.78, 5) is 30.9. The molecule has 10 heteroatoms. The number of hydrogen-bond donors (Lipinski definition) is 3. The number of aromatic nitrogens is 5. The maximum Gasteiger partial charge on any atom is 0.270 e. The van der Waals surface area contributed by atoms with E-state index in [0.717, 1.165) is 31.4 Å². The van der Waals surface area contributed by atoms with Gasteiger partial charge in [0.15, 0.2) is 0 Å². The van der Waals surface area contributed by atoms with Crippen LogP contribution in [0.5, 0.6) is 0 Å². The Morgan fingerprint density at radius 1 is 1.23 bits per heavy atom. The molecule has 3 heterocycles. The predicted octanol–water partition coefficient (Wildman–Crippen LogP) is 3.62. The number of H-pyrrole nitrogens is 1. The van der Waals surface area contributed by atoms with Crippen molar-refractivity contribution in [2.75, 3.05) is 5.32 Å². The van der Waals surface area contributed by atoms with Crippen LogP contribution in [0, 0.1) is 37.4 Å². The summed E-state index contributed by atoms with van der Waals surface area (Å²) in [5.74, 6) is -0.231. The van der Waals surface area contributed by atoms with Crippen LogP contribution in [0.2, 0.25) is 0 Å². The highest BCUT2D eigenvalue weighted by atomic mass is 19.1. The van der Waals surface area contributed by atoms with Crippen molar-refractivity contribution in [2.45, 2.75) is 59.0 Å². The van der Waals surface area contributed by atoms with Crippen LogP contribution in [0.1, 0.15) is 54.5 Å². The summed E-state index contributed by atoms with van der Waals surface area (Å²) in [7, 11) is 0. The van der Waals surface area contributed by atoms with Crippen LogP contribution in [0.3, 0.4) is 0 Å². The SMILES string of the molecule is CCn1nccc1C(=O)NC(C(=O)Nc1cc(F)c(-c2c(C)n[nH]c2C)cn1)C(C1CC1)C1CC1. The molecular weight excluding hydrogens is 449 g/mol. The summed E-state index contributed by atoms with van der Waals surface area (Å²) in [6.45, 7) is 6.06. The molecule has 2 fully saturated rings. The first-order chi connectivity index (χ1) is 16.9. The van der Waals surface area contributed by atoms with Gasteiger partial charge >= 0.3 is 0 Å². The molecule has 3 N–H and O–H groups in total. The second kappa shape index (κ2) is 9.24. The molecule has 0 aliphatic heterocycles. The van der Waals surface area contributed by atoms with Crippen molar-refractivity contribution in [1.29, 1.82) is 0 Å². The maximum absolute atomic E-state index is 15.0. The van der Waals surface area contributed by atoms with Crippen molar-refractivity contribution in [3.63, 3.8) is 0 Å². The molecule has 0 spiro atoms. The number of aryl methyl sites for hydroxylation is 3. The molecule has 2 aliphatic carbocycles. The lowest BCUT2D eigenvalue weighted by molar-refractivity contribution is -0.119. The van der Waals surface area contributed by atoms with E-state index in [4.69, 9.17) is 0 Å². The normalized spacial score (nSPS) is 16.4. The lowest BCUT2D eigenvalue weighted by Gasteiger charge is -2.27. The van der Waals surface area contributed by atoms with E-state index in [-0.39, 0.29) is 23.6 Å². The minimum Gasteiger partial charge on any atom is -0.339 e. The number of nitrogens with zero attached hydrogens (tertiary/aromatic N) is 4. The summed E-state index contributed by atoms with van der Waals surface area (Å²) in [6.07, 6.45) is 7.20. The van der Waals surface area contributed by atoms with Crippen molar-refractivity contribution in [2.24, 2.45) is 17.8 Å². The summed E-state index contributed by atoms with van der Waals surface area (Å²) in [6, 6.07) is 2.13.